The Hall–Kier alpha value is -1.86. The summed E-state index contributed by atoms with van der Waals surface area (Å²) in [6.07, 6.45) is 0.490. The summed E-state index contributed by atoms with van der Waals surface area (Å²) in [5, 5.41) is 1.95. The highest BCUT2D eigenvalue weighted by Gasteiger charge is 2.35. The first-order chi connectivity index (χ1) is 11.9. The van der Waals surface area contributed by atoms with Crippen LogP contribution in [0.5, 0.6) is 5.75 Å². The Morgan fingerprint density at radius 2 is 2.08 bits per heavy atom. The minimum Gasteiger partial charge on any atom is -0.484 e. The van der Waals surface area contributed by atoms with Crippen LogP contribution in [0.2, 0.25) is 0 Å². The second-order valence-corrected chi connectivity index (χ2v) is 9.47. The zero-order valence-electron chi connectivity index (χ0n) is 14.1. The summed E-state index contributed by atoms with van der Waals surface area (Å²) in [6, 6.07) is 11.1. The molecule has 7 heteroatoms. The van der Waals surface area contributed by atoms with Gasteiger partial charge in [-0.3, -0.25) is 4.79 Å². The number of thiophene rings is 1. The predicted molar refractivity (Wildman–Crippen MR) is 98.6 cm³/mol. The summed E-state index contributed by atoms with van der Waals surface area (Å²) in [5.41, 5.74) is 0.962. The molecule has 0 unspecified atom stereocenters. The maximum Gasteiger partial charge on any atom is 0.261 e. The number of carbonyl (C=O) groups excluding carboxylic acids is 1. The van der Waals surface area contributed by atoms with Gasteiger partial charge in [-0.15, -0.1) is 11.3 Å². The molecule has 0 aliphatic carbocycles. The summed E-state index contributed by atoms with van der Waals surface area (Å²) in [5.74, 6) is 0.670. The summed E-state index contributed by atoms with van der Waals surface area (Å²) < 4.78 is 29.3. The fourth-order valence-corrected chi connectivity index (χ4v) is 5.39. The lowest BCUT2D eigenvalue weighted by Gasteiger charge is -2.28. The Labute approximate surface area is 152 Å². The van der Waals surface area contributed by atoms with Crippen LogP contribution in [-0.2, 0) is 21.2 Å². The topological polar surface area (TPSA) is 63.7 Å². The van der Waals surface area contributed by atoms with E-state index in [9.17, 15) is 13.2 Å². The van der Waals surface area contributed by atoms with E-state index in [0.29, 0.717) is 18.7 Å². The van der Waals surface area contributed by atoms with Gasteiger partial charge in [0.25, 0.3) is 5.91 Å². The van der Waals surface area contributed by atoms with Crippen LogP contribution in [0.1, 0.15) is 16.9 Å². The molecule has 1 saturated heterocycles. The van der Waals surface area contributed by atoms with Gasteiger partial charge < -0.3 is 9.64 Å². The van der Waals surface area contributed by atoms with E-state index < -0.39 is 9.84 Å². The fourth-order valence-electron chi connectivity index (χ4n) is 2.95. The van der Waals surface area contributed by atoms with Crippen molar-refractivity contribution in [1.82, 2.24) is 4.90 Å². The number of ether oxygens (including phenoxy) is 1. The van der Waals surface area contributed by atoms with Gasteiger partial charge in [0, 0.05) is 10.9 Å². The Morgan fingerprint density at radius 1 is 1.28 bits per heavy atom. The molecule has 1 aliphatic rings. The summed E-state index contributed by atoms with van der Waals surface area (Å²) in [6.45, 7) is 2.26. The molecule has 1 aliphatic heterocycles. The van der Waals surface area contributed by atoms with E-state index in [2.05, 4.69) is 0 Å². The van der Waals surface area contributed by atoms with Crippen LogP contribution >= 0.6 is 11.3 Å². The van der Waals surface area contributed by atoms with Crippen LogP contribution in [0.4, 0.5) is 0 Å². The van der Waals surface area contributed by atoms with Crippen molar-refractivity contribution in [3.05, 3.63) is 52.2 Å². The van der Waals surface area contributed by atoms with Crippen LogP contribution < -0.4 is 4.74 Å². The molecule has 0 bridgehead atoms. The molecule has 2 aromatic rings. The van der Waals surface area contributed by atoms with Gasteiger partial charge >= 0.3 is 0 Å². The van der Waals surface area contributed by atoms with Crippen molar-refractivity contribution in [2.45, 2.75) is 25.9 Å². The fraction of sp³-hybridized carbons (Fsp3) is 0.389. The second-order valence-electron chi connectivity index (χ2n) is 6.21. The molecule has 1 amide bonds. The molecule has 0 saturated carbocycles. The monoisotopic (exact) mass is 379 g/mol. The maximum atomic E-state index is 12.8. The van der Waals surface area contributed by atoms with Crippen LogP contribution in [-0.4, -0.2) is 43.4 Å². The normalized spacial score (nSPS) is 18.8. The van der Waals surface area contributed by atoms with E-state index in [1.807, 2.05) is 48.7 Å². The third kappa shape index (κ3) is 4.61. The van der Waals surface area contributed by atoms with Crippen LogP contribution in [0, 0.1) is 6.92 Å². The van der Waals surface area contributed by atoms with Crippen molar-refractivity contribution in [3.8, 4) is 5.75 Å². The van der Waals surface area contributed by atoms with Crippen molar-refractivity contribution >= 4 is 27.1 Å². The van der Waals surface area contributed by atoms with Crippen molar-refractivity contribution in [2.24, 2.45) is 0 Å². The van der Waals surface area contributed by atoms with Crippen LogP contribution in [0.15, 0.2) is 41.8 Å². The number of para-hydroxylation sites is 1. The quantitative estimate of drug-likeness (QED) is 0.774. The first kappa shape index (κ1) is 17.9. The number of sulfone groups is 1. The lowest BCUT2D eigenvalue weighted by Crippen LogP contribution is -2.42. The molecular formula is C18H21NO4S2. The van der Waals surface area contributed by atoms with Crippen LogP contribution in [0.25, 0.3) is 0 Å². The molecule has 0 spiro atoms. The highest BCUT2D eigenvalue weighted by molar-refractivity contribution is 7.91. The zero-order chi connectivity index (χ0) is 17.9. The van der Waals surface area contributed by atoms with Crippen LogP contribution in [0.3, 0.4) is 0 Å². The molecule has 1 fully saturated rings. The third-order valence-corrected chi connectivity index (χ3v) is 6.93. The van der Waals surface area contributed by atoms with E-state index >= 15 is 0 Å². The largest absolute Gasteiger partial charge is 0.484 e. The summed E-state index contributed by atoms with van der Waals surface area (Å²) in [7, 11) is -3.06. The first-order valence-corrected chi connectivity index (χ1v) is 10.9. The van der Waals surface area contributed by atoms with Gasteiger partial charge in [0.2, 0.25) is 0 Å². The minimum absolute atomic E-state index is 0.0362. The van der Waals surface area contributed by atoms with Gasteiger partial charge in [-0.25, -0.2) is 8.42 Å². The molecule has 5 nitrogen and oxygen atoms in total. The Morgan fingerprint density at radius 3 is 2.72 bits per heavy atom. The van der Waals surface area contributed by atoms with E-state index in [0.717, 1.165) is 10.4 Å². The number of benzene rings is 1. The van der Waals surface area contributed by atoms with Gasteiger partial charge in [0.05, 0.1) is 18.1 Å². The molecule has 3 rings (SSSR count). The standard InChI is InChI=1S/C18H21NO4S2/c1-14-5-2-3-7-17(14)23-12-18(20)19(11-16-6-4-9-24-16)15-8-10-25(21,22)13-15/h2-7,9,15H,8,10-13H2,1H3/t15-/m1/s1. The lowest BCUT2D eigenvalue weighted by atomic mass is 10.2. The number of nitrogens with zero attached hydrogens (tertiary/aromatic N) is 1. The molecule has 0 N–H and O–H groups in total. The number of rotatable bonds is 6. The highest BCUT2D eigenvalue weighted by Crippen LogP contribution is 2.23. The van der Waals surface area contributed by atoms with Gasteiger partial charge in [-0.2, -0.15) is 0 Å². The molecule has 0 radical (unpaired) electrons. The minimum atomic E-state index is -3.06. The molecule has 1 atom stereocenters. The summed E-state index contributed by atoms with van der Waals surface area (Å²) in [4.78, 5) is 15.5. The Kier molecular flexibility index (Phi) is 5.44. The van der Waals surface area contributed by atoms with Gasteiger partial charge in [0.15, 0.2) is 16.4 Å². The maximum absolute atomic E-state index is 12.8. The van der Waals surface area contributed by atoms with Gasteiger partial charge in [-0.1, -0.05) is 24.3 Å². The van der Waals surface area contributed by atoms with Crippen molar-refractivity contribution < 1.29 is 17.9 Å². The average molecular weight is 380 g/mol. The number of carbonyl (C=O) groups is 1. The van der Waals surface area contributed by atoms with E-state index in [1.54, 1.807) is 16.2 Å². The number of amides is 1. The van der Waals surface area contributed by atoms with Crippen molar-refractivity contribution in [2.75, 3.05) is 18.1 Å². The highest BCUT2D eigenvalue weighted by atomic mass is 32.2. The molecule has 1 aromatic carbocycles. The smallest absolute Gasteiger partial charge is 0.261 e. The molecule has 134 valence electrons. The average Bonchev–Trinajstić information content (AvgIpc) is 3.20. The molecule has 1 aromatic heterocycles. The third-order valence-electron chi connectivity index (χ3n) is 4.32. The number of hydrogen-bond donors (Lipinski definition) is 0. The van der Waals surface area contributed by atoms with Crippen molar-refractivity contribution in [1.29, 1.82) is 0 Å². The van der Waals surface area contributed by atoms with E-state index in [1.165, 1.54) is 0 Å². The van der Waals surface area contributed by atoms with E-state index in [-0.39, 0.29) is 30.1 Å². The van der Waals surface area contributed by atoms with Gasteiger partial charge in [0.1, 0.15) is 5.75 Å². The Balaban J connectivity index is 1.71. The van der Waals surface area contributed by atoms with Gasteiger partial charge in [-0.05, 0) is 36.4 Å². The lowest BCUT2D eigenvalue weighted by molar-refractivity contribution is -0.135. The van der Waals surface area contributed by atoms with E-state index in [4.69, 9.17) is 4.74 Å². The zero-order valence-corrected chi connectivity index (χ0v) is 15.7. The SMILES string of the molecule is Cc1ccccc1OCC(=O)N(Cc1cccs1)[C@@H]1CCS(=O)(=O)C1. The number of aryl methyl sites for hydroxylation is 1. The molecule has 2 heterocycles. The number of hydrogen-bond acceptors (Lipinski definition) is 5. The first-order valence-electron chi connectivity index (χ1n) is 8.15. The van der Waals surface area contributed by atoms with Crippen molar-refractivity contribution in [3.63, 3.8) is 0 Å². The predicted octanol–water partition coefficient (Wildman–Crippen LogP) is 2.65. The molecule has 25 heavy (non-hydrogen) atoms. The second kappa shape index (κ2) is 7.58. The Bertz CT molecular complexity index is 831. The summed E-state index contributed by atoms with van der Waals surface area (Å²) >= 11 is 1.56. The molecular weight excluding hydrogens is 358 g/mol.